The van der Waals surface area contributed by atoms with Crippen LogP contribution in [0.1, 0.15) is 56.8 Å². The fourth-order valence-corrected chi connectivity index (χ4v) is 3.41. The third kappa shape index (κ3) is 5.97. The highest BCUT2D eigenvalue weighted by Crippen LogP contribution is 2.20. The van der Waals surface area contributed by atoms with E-state index < -0.39 is 5.97 Å². The molecule has 0 aromatic heterocycles. The van der Waals surface area contributed by atoms with Gasteiger partial charge in [0, 0.05) is 31.6 Å². The molecule has 0 bridgehead atoms. The molecule has 0 radical (unpaired) electrons. The number of carbonyl (C=O) groups excluding carboxylic acids is 2. The summed E-state index contributed by atoms with van der Waals surface area (Å²) >= 11 is 0. The van der Waals surface area contributed by atoms with Crippen molar-refractivity contribution in [2.75, 3.05) is 19.6 Å². The van der Waals surface area contributed by atoms with Crippen molar-refractivity contribution < 1.29 is 24.2 Å². The molecule has 1 aromatic rings. The van der Waals surface area contributed by atoms with Crippen LogP contribution in [0.5, 0.6) is 5.75 Å². The Morgan fingerprint density at radius 2 is 1.89 bits per heavy atom. The summed E-state index contributed by atoms with van der Waals surface area (Å²) in [7, 11) is 0. The predicted octanol–water partition coefficient (Wildman–Crippen LogP) is 2.79. The lowest BCUT2D eigenvalue weighted by molar-refractivity contribution is -0.145. The van der Waals surface area contributed by atoms with Gasteiger partial charge < -0.3 is 19.6 Å². The van der Waals surface area contributed by atoms with Gasteiger partial charge >= 0.3 is 5.97 Å². The van der Waals surface area contributed by atoms with Crippen LogP contribution in [0.4, 0.5) is 0 Å². The smallest absolute Gasteiger partial charge is 0.323 e. The van der Waals surface area contributed by atoms with E-state index in [2.05, 4.69) is 6.92 Å². The van der Waals surface area contributed by atoms with Crippen LogP contribution in [0.2, 0.25) is 0 Å². The maximum atomic E-state index is 12.8. The summed E-state index contributed by atoms with van der Waals surface area (Å²) in [5.74, 6) is -0.577. The number of carboxylic acids is 1. The van der Waals surface area contributed by atoms with Crippen molar-refractivity contribution in [1.82, 2.24) is 9.80 Å². The van der Waals surface area contributed by atoms with Crippen molar-refractivity contribution >= 4 is 17.8 Å². The number of hydrogen-bond acceptors (Lipinski definition) is 4. The van der Waals surface area contributed by atoms with Gasteiger partial charge in [-0.05, 0) is 56.9 Å². The molecule has 2 atom stereocenters. The van der Waals surface area contributed by atoms with Gasteiger partial charge in [-0.2, -0.15) is 0 Å². The van der Waals surface area contributed by atoms with Crippen molar-refractivity contribution in [3.8, 4) is 5.75 Å². The first kappa shape index (κ1) is 21.7. The third-order valence-electron chi connectivity index (χ3n) is 5.15. The van der Waals surface area contributed by atoms with E-state index in [1.165, 1.54) is 11.8 Å². The Bertz CT molecular complexity index is 689. The first-order chi connectivity index (χ1) is 13.3. The van der Waals surface area contributed by atoms with E-state index in [4.69, 9.17) is 9.84 Å². The van der Waals surface area contributed by atoms with Gasteiger partial charge in [0.1, 0.15) is 12.3 Å². The van der Waals surface area contributed by atoms with Crippen LogP contribution >= 0.6 is 0 Å². The minimum absolute atomic E-state index is 0.0525. The minimum Gasteiger partial charge on any atom is -0.491 e. The van der Waals surface area contributed by atoms with Gasteiger partial charge in [-0.1, -0.05) is 6.92 Å². The van der Waals surface area contributed by atoms with Crippen LogP contribution in [-0.2, 0) is 9.59 Å². The zero-order chi connectivity index (χ0) is 20.7. The summed E-state index contributed by atoms with van der Waals surface area (Å²) in [6.07, 6.45) is 3.04. The normalized spacial score (nSPS) is 18.1. The van der Waals surface area contributed by atoms with Gasteiger partial charge in [-0.15, -0.1) is 0 Å². The first-order valence-electron chi connectivity index (χ1n) is 9.86. The molecule has 2 unspecified atom stereocenters. The number of benzene rings is 1. The average molecular weight is 390 g/mol. The number of aliphatic carboxylic acids is 1. The molecular formula is C21H30N2O5. The van der Waals surface area contributed by atoms with Crippen LogP contribution in [0, 0.1) is 0 Å². The van der Waals surface area contributed by atoms with E-state index in [-0.39, 0.29) is 30.5 Å². The molecule has 0 saturated carbocycles. The van der Waals surface area contributed by atoms with Crippen molar-refractivity contribution in [1.29, 1.82) is 0 Å². The van der Waals surface area contributed by atoms with Gasteiger partial charge in [0.25, 0.3) is 5.91 Å². The monoisotopic (exact) mass is 390 g/mol. The number of hydrogen-bond donors (Lipinski definition) is 1. The second-order valence-corrected chi connectivity index (χ2v) is 7.28. The molecule has 154 valence electrons. The van der Waals surface area contributed by atoms with Gasteiger partial charge in [-0.3, -0.25) is 14.4 Å². The Labute approximate surface area is 166 Å². The van der Waals surface area contributed by atoms with Crippen LogP contribution < -0.4 is 4.74 Å². The van der Waals surface area contributed by atoms with Gasteiger partial charge in [0.15, 0.2) is 0 Å². The highest BCUT2D eigenvalue weighted by molar-refractivity contribution is 5.94. The summed E-state index contributed by atoms with van der Waals surface area (Å²) in [4.78, 5) is 38.9. The fraction of sp³-hybridized carbons (Fsp3) is 0.571. The molecular weight excluding hydrogens is 360 g/mol. The highest BCUT2D eigenvalue weighted by atomic mass is 16.5. The lowest BCUT2D eigenvalue weighted by Gasteiger charge is -2.28. The molecule has 2 rings (SSSR count). The molecule has 2 amide bonds. The largest absolute Gasteiger partial charge is 0.491 e. The van der Waals surface area contributed by atoms with E-state index in [1.54, 1.807) is 17.0 Å². The van der Waals surface area contributed by atoms with Crippen LogP contribution in [0.25, 0.3) is 0 Å². The Kier molecular flexibility index (Phi) is 7.84. The molecule has 1 aliphatic heterocycles. The van der Waals surface area contributed by atoms with E-state index in [0.29, 0.717) is 31.5 Å². The van der Waals surface area contributed by atoms with E-state index in [0.717, 1.165) is 18.6 Å². The van der Waals surface area contributed by atoms with Crippen molar-refractivity contribution in [3.05, 3.63) is 29.8 Å². The zero-order valence-electron chi connectivity index (χ0n) is 16.9. The molecule has 0 aliphatic carbocycles. The number of ether oxygens (including phenoxy) is 1. The molecule has 1 aliphatic rings. The van der Waals surface area contributed by atoms with Gasteiger partial charge in [-0.25, -0.2) is 0 Å². The number of amides is 2. The molecule has 1 fully saturated rings. The van der Waals surface area contributed by atoms with Gasteiger partial charge in [0.2, 0.25) is 5.91 Å². The minimum atomic E-state index is -1.02. The lowest BCUT2D eigenvalue weighted by atomic mass is 10.1. The third-order valence-corrected chi connectivity index (χ3v) is 5.15. The summed E-state index contributed by atoms with van der Waals surface area (Å²) in [6, 6.07) is 7.01. The molecule has 7 heteroatoms. The molecule has 28 heavy (non-hydrogen) atoms. The summed E-state index contributed by atoms with van der Waals surface area (Å²) in [5, 5.41) is 9.05. The maximum absolute atomic E-state index is 12.8. The molecule has 1 aromatic carbocycles. The molecule has 1 N–H and O–H groups in total. The van der Waals surface area contributed by atoms with Gasteiger partial charge in [0.05, 0.1) is 6.10 Å². The average Bonchev–Trinajstić information content (AvgIpc) is 2.91. The summed E-state index contributed by atoms with van der Waals surface area (Å²) < 4.78 is 5.75. The Morgan fingerprint density at radius 3 is 2.46 bits per heavy atom. The number of carboxylic acid groups (broad SMARTS) is 1. The molecule has 0 spiro atoms. The number of rotatable bonds is 7. The maximum Gasteiger partial charge on any atom is 0.323 e. The Morgan fingerprint density at radius 1 is 1.21 bits per heavy atom. The highest BCUT2D eigenvalue weighted by Gasteiger charge is 2.27. The van der Waals surface area contributed by atoms with Crippen LogP contribution in [0.15, 0.2) is 24.3 Å². The molecule has 1 saturated heterocycles. The number of carbonyl (C=O) groups is 3. The van der Waals surface area contributed by atoms with Crippen molar-refractivity contribution in [3.63, 3.8) is 0 Å². The lowest BCUT2D eigenvalue weighted by Crippen LogP contribution is -2.43. The van der Waals surface area contributed by atoms with E-state index in [9.17, 15) is 14.4 Å². The molecule has 7 nitrogen and oxygen atoms in total. The standard InChI is InChI=1S/C21H30N2O5/c1-4-15(2)28-19-9-7-17(8-10-19)21(27)22-12-5-6-18(11-13-22)23(16(3)24)14-20(25)26/h7-10,15,18H,4-6,11-14H2,1-3H3,(H,25,26). The van der Waals surface area contributed by atoms with Crippen molar-refractivity contribution in [2.24, 2.45) is 0 Å². The number of nitrogens with zero attached hydrogens (tertiary/aromatic N) is 2. The number of likely N-dealkylation sites (tertiary alicyclic amines) is 1. The fourth-order valence-electron chi connectivity index (χ4n) is 3.41. The Hall–Kier alpha value is -2.57. The van der Waals surface area contributed by atoms with Crippen LogP contribution in [-0.4, -0.2) is 64.5 Å². The second-order valence-electron chi connectivity index (χ2n) is 7.28. The quantitative estimate of drug-likeness (QED) is 0.774. The topological polar surface area (TPSA) is 87.2 Å². The van der Waals surface area contributed by atoms with E-state index >= 15 is 0 Å². The predicted molar refractivity (Wildman–Crippen MR) is 105 cm³/mol. The first-order valence-corrected chi connectivity index (χ1v) is 9.86. The molecule has 1 heterocycles. The van der Waals surface area contributed by atoms with Crippen LogP contribution in [0.3, 0.4) is 0 Å². The SMILES string of the molecule is CCC(C)Oc1ccc(C(=O)N2CCCC(N(CC(=O)O)C(C)=O)CC2)cc1. The Balaban J connectivity index is 2.00. The zero-order valence-corrected chi connectivity index (χ0v) is 16.9. The van der Waals surface area contributed by atoms with Crippen molar-refractivity contribution in [2.45, 2.75) is 58.6 Å². The summed E-state index contributed by atoms with van der Waals surface area (Å²) in [5.41, 5.74) is 0.601. The van der Waals surface area contributed by atoms with E-state index in [1.807, 2.05) is 19.1 Å². The second kappa shape index (κ2) is 10.1. The summed E-state index contributed by atoms with van der Waals surface area (Å²) in [6.45, 7) is 6.24.